The van der Waals surface area contributed by atoms with Crippen LogP contribution in [-0.4, -0.2) is 4.57 Å². The molecule has 3 rings (SSSR count). The number of benzene rings is 2. The highest BCUT2D eigenvalue weighted by Gasteiger charge is 2.03. The van der Waals surface area contributed by atoms with E-state index in [1.54, 1.807) is 10.6 Å². The van der Waals surface area contributed by atoms with Crippen LogP contribution in [-0.2, 0) is 0 Å². The fourth-order valence-electron chi connectivity index (χ4n) is 2.38. The number of aryl methyl sites for hydroxylation is 2. The summed E-state index contributed by atoms with van der Waals surface area (Å²) in [7, 11) is 0. The number of rotatable bonds is 2. The van der Waals surface area contributed by atoms with E-state index in [4.69, 9.17) is 0 Å². The second kappa shape index (κ2) is 5.41. The Morgan fingerprint density at radius 1 is 0.762 bits per heavy atom. The summed E-state index contributed by atoms with van der Waals surface area (Å²) in [6.07, 6.45) is 1.90. The summed E-state index contributed by atoms with van der Waals surface area (Å²) < 4.78 is 1.70. The van der Waals surface area contributed by atoms with Crippen molar-refractivity contribution in [3.8, 4) is 16.8 Å². The molecule has 0 atom stereocenters. The third kappa shape index (κ3) is 2.79. The van der Waals surface area contributed by atoms with Crippen LogP contribution >= 0.6 is 0 Å². The van der Waals surface area contributed by atoms with E-state index >= 15 is 0 Å². The van der Waals surface area contributed by atoms with E-state index in [1.165, 1.54) is 5.56 Å². The molecule has 0 amide bonds. The Hall–Kier alpha value is -2.61. The predicted molar refractivity (Wildman–Crippen MR) is 86.9 cm³/mol. The van der Waals surface area contributed by atoms with E-state index in [2.05, 4.69) is 31.2 Å². The second-order valence-electron chi connectivity index (χ2n) is 5.33. The molecule has 1 heterocycles. The minimum Gasteiger partial charge on any atom is -0.284 e. The summed E-state index contributed by atoms with van der Waals surface area (Å²) >= 11 is 0. The molecule has 0 saturated carbocycles. The molecule has 2 nitrogen and oxygen atoms in total. The van der Waals surface area contributed by atoms with Crippen molar-refractivity contribution >= 4 is 0 Å². The smallest absolute Gasteiger partial charge is 0.255 e. The van der Waals surface area contributed by atoms with Crippen molar-refractivity contribution in [2.75, 3.05) is 0 Å². The molecule has 0 aliphatic carbocycles. The van der Waals surface area contributed by atoms with E-state index in [9.17, 15) is 4.79 Å². The minimum absolute atomic E-state index is 0.0172. The number of aromatic nitrogens is 1. The first-order valence-corrected chi connectivity index (χ1v) is 7.00. The van der Waals surface area contributed by atoms with Gasteiger partial charge in [0.25, 0.3) is 5.56 Å². The van der Waals surface area contributed by atoms with Gasteiger partial charge < -0.3 is 0 Å². The summed E-state index contributed by atoms with van der Waals surface area (Å²) in [5.74, 6) is 0. The fraction of sp³-hybridized carbons (Fsp3) is 0.105. The van der Waals surface area contributed by atoms with Crippen molar-refractivity contribution in [3.63, 3.8) is 0 Å². The van der Waals surface area contributed by atoms with Gasteiger partial charge in [-0.3, -0.25) is 9.36 Å². The van der Waals surface area contributed by atoms with Crippen LogP contribution in [0.15, 0.2) is 71.7 Å². The molecule has 1 aromatic heterocycles. The molecule has 21 heavy (non-hydrogen) atoms. The highest BCUT2D eigenvalue weighted by molar-refractivity contribution is 5.63. The lowest BCUT2D eigenvalue weighted by molar-refractivity contribution is 0.990. The Morgan fingerprint density at radius 3 is 2.19 bits per heavy atom. The lowest BCUT2D eigenvalue weighted by Gasteiger charge is -2.09. The highest BCUT2D eigenvalue weighted by Crippen LogP contribution is 2.19. The summed E-state index contributed by atoms with van der Waals surface area (Å²) in [5.41, 5.74) is 5.40. The van der Waals surface area contributed by atoms with Gasteiger partial charge in [0.05, 0.1) is 0 Å². The zero-order valence-corrected chi connectivity index (χ0v) is 12.2. The minimum atomic E-state index is -0.0172. The topological polar surface area (TPSA) is 22.0 Å². The molecule has 0 fully saturated rings. The van der Waals surface area contributed by atoms with Gasteiger partial charge in [-0.05, 0) is 48.7 Å². The third-order valence-electron chi connectivity index (χ3n) is 3.58. The Bertz CT molecular complexity index is 829. The Labute approximate surface area is 124 Å². The van der Waals surface area contributed by atoms with Crippen LogP contribution in [0.4, 0.5) is 0 Å². The monoisotopic (exact) mass is 275 g/mol. The molecule has 0 bridgehead atoms. The van der Waals surface area contributed by atoms with Crippen molar-refractivity contribution in [1.29, 1.82) is 0 Å². The summed E-state index contributed by atoms with van der Waals surface area (Å²) in [5, 5.41) is 0. The first kappa shape index (κ1) is 13.4. The maximum Gasteiger partial charge on any atom is 0.255 e. The molecule has 0 saturated heterocycles. The molecule has 3 aromatic rings. The average molecular weight is 275 g/mol. The average Bonchev–Trinajstić information content (AvgIpc) is 2.49. The summed E-state index contributed by atoms with van der Waals surface area (Å²) in [4.78, 5) is 12.1. The van der Waals surface area contributed by atoms with E-state index in [0.29, 0.717) is 0 Å². The molecule has 2 heteroatoms. The van der Waals surface area contributed by atoms with Crippen molar-refractivity contribution < 1.29 is 0 Å². The van der Waals surface area contributed by atoms with Gasteiger partial charge in [-0.15, -0.1) is 0 Å². The van der Waals surface area contributed by atoms with Crippen molar-refractivity contribution in [3.05, 3.63) is 88.3 Å². The van der Waals surface area contributed by atoms with Gasteiger partial charge in [0.2, 0.25) is 0 Å². The third-order valence-corrected chi connectivity index (χ3v) is 3.58. The zero-order chi connectivity index (χ0) is 14.8. The van der Waals surface area contributed by atoms with Crippen molar-refractivity contribution in [1.82, 2.24) is 4.57 Å². The van der Waals surface area contributed by atoms with Crippen LogP contribution in [0.1, 0.15) is 11.1 Å². The molecule has 0 unspecified atom stereocenters. The number of nitrogens with zero attached hydrogens (tertiary/aromatic N) is 1. The molecule has 0 radical (unpaired) electrons. The van der Waals surface area contributed by atoms with E-state index in [0.717, 1.165) is 22.4 Å². The zero-order valence-electron chi connectivity index (χ0n) is 12.2. The molecule has 0 N–H and O–H groups in total. The van der Waals surface area contributed by atoms with Gasteiger partial charge in [0.1, 0.15) is 0 Å². The van der Waals surface area contributed by atoms with E-state index in [1.807, 2.05) is 43.5 Å². The van der Waals surface area contributed by atoms with Crippen LogP contribution in [0.25, 0.3) is 16.8 Å². The maximum absolute atomic E-state index is 12.1. The first-order chi connectivity index (χ1) is 10.1. The predicted octanol–water partition coefficient (Wildman–Crippen LogP) is 4.12. The van der Waals surface area contributed by atoms with Gasteiger partial charge >= 0.3 is 0 Å². The molecule has 0 aliphatic heterocycles. The number of hydrogen-bond acceptors (Lipinski definition) is 1. The second-order valence-corrected chi connectivity index (χ2v) is 5.33. The number of pyridine rings is 1. The number of hydrogen-bond donors (Lipinski definition) is 0. The van der Waals surface area contributed by atoms with Crippen LogP contribution < -0.4 is 5.56 Å². The van der Waals surface area contributed by atoms with Gasteiger partial charge in [0.15, 0.2) is 0 Å². The van der Waals surface area contributed by atoms with Crippen molar-refractivity contribution in [2.45, 2.75) is 13.8 Å². The fourth-order valence-corrected chi connectivity index (χ4v) is 2.38. The quantitative estimate of drug-likeness (QED) is 0.689. The van der Waals surface area contributed by atoms with Crippen molar-refractivity contribution in [2.24, 2.45) is 0 Å². The SMILES string of the molecule is Cc1ccc(-c2ccc(=O)n(-c3cccc(C)c3)c2)cc1. The lowest BCUT2D eigenvalue weighted by atomic mass is 10.1. The lowest BCUT2D eigenvalue weighted by Crippen LogP contribution is -2.16. The Balaban J connectivity index is 2.12. The largest absolute Gasteiger partial charge is 0.284 e. The Morgan fingerprint density at radius 2 is 1.48 bits per heavy atom. The first-order valence-electron chi connectivity index (χ1n) is 7.00. The van der Waals surface area contributed by atoms with Gasteiger partial charge in [-0.2, -0.15) is 0 Å². The molecule has 0 spiro atoms. The van der Waals surface area contributed by atoms with Gasteiger partial charge in [-0.25, -0.2) is 0 Å². The molecule has 104 valence electrons. The standard InChI is InChI=1S/C19H17NO/c1-14-6-8-16(9-7-14)17-10-11-19(21)20(13-17)18-5-3-4-15(2)12-18/h3-13H,1-2H3. The van der Waals surface area contributed by atoms with Gasteiger partial charge in [0, 0.05) is 18.0 Å². The summed E-state index contributed by atoms with van der Waals surface area (Å²) in [6.45, 7) is 4.09. The van der Waals surface area contributed by atoms with E-state index in [-0.39, 0.29) is 5.56 Å². The van der Waals surface area contributed by atoms with Crippen LogP contribution in [0.3, 0.4) is 0 Å². The summed E-state index contributed by atoms with van der Waals surface area (Å²) in [6, 6.07) is 19.8. The normalized spacial score (nSPS) is 10.6. The van der Waals surface area contributed by atoms with Crippen LogP contribution in [0.5, 0.6) is 0 Å². The van der Waals surface area contributed by atoms with Crippen LogP contribution in [0.2, 0.25) is 0 Å². The molecule has 0 aliphatic rings. The van der Waals surface area contributed by atoms with Crippen LogP contribution in [0, 0.1) is 13.8 Å². The molecular formula is C19H17NO. The Kier molecular flexibility index (Phi) is 3.44. The maximum atomic E-state index is 12.1. The van der Waals surface area contributed by atoms with Gasteiger partial charge in [-0.1, -0.05) is 42.0 Å². The molecular weight excluding hydrogens is 258 g/mol. The molecule has 2 aromatic carbocycles. The highest BCUT2D eigenvalue weighted by atomic mass is 16.1. The van der Waals surface area contributed by atoms with E-state index < -0.39 is 0 Å².